The van der Waals surface area contributed by atoms with Crippen molar-refractivity contribution < 1.29 is 17.9 Å². The zero-order valence-electron chi connectivity index (χ0n) is 24.5. The van der Waals surface area contributed by atoms with Crippen LogP contribution in [0.5, 0.6) is 5.75 Å². The van der Waals surface area contributed by atoms with E-state index < -0.39 is 21.2 Å². The predicted octanol–water partition coefficient (Wildman–Crippen LogP) is 7.14. The van der Waals surface area contributed by atoms with Crippen LogP contribution in [0.3, 0.4) is 0 Å². The molecule has 1 N–H and O–H groups in total. The van der Waals surface area contributed by atoms with Crippen LogP contribution < -0.4 is 14.4 Å². The van der Waals surface area contributed by atoms with E-state index in [0.717, 1.165) is 73.6 Å². The Morgan fingerprint density at radius 2 is 1.85 bits per heavy atom. The number of halogens is 1. The van der Waals surface area contributed by atoms with E-state index >= 15 is 0 Å². The van der Waals surface area contributed by atoms with Crippen LogP contribution >= 0.6 is 11.6 Å². The van der Waals surface area contributed by atoms with E-state index in [-0.39, 0.29) is 5.92 Å². The fourth-order valence-corrected chi connectivity index (χ4v) is 9.47. The summed E-state index contributed by atoms with van der Waals surface area (Å²) >= 11 is 6.33. The number of anilines is 1. The average Bonchev–Trinajstić information content (AvgIpc) is 3.58. The highest BCUT2D eigenvalue weighted by Crippen LogP contribution is 2.78. The van der Waals surface area contributed by atoms with Crippen LogP contribution in [0.1, 0.15) is 93.6 Å². The molecule has 4 aliphatic rings. The van der Waals surface area contributed by atoms with Gasteiger partial charge < -0.3 is 9.64 Å². The minimum atomic E-state index is -3.82. The molecule has 0 unspecified atom stereocenters. The van der Waals surface area contributed by atoms with Crippen LogP contribution in [0.2, 0.25) is 5.02 Å². The summed E-state index contributed by atoms with van der Waals surface area (Å²) < 4.78 is 35.3. The Bertz CT molecular complexity index is 1440. The Labute approximate surface area is 250 Å². The highest BCUT2D eigenvalue weighted by Gasteiger charge is 2.70. The van der Waals surface area contributed by atoms with Crippen molar-refractivity contribution in [1.29, 1.82) is 0 Å². The van der Waals surface area contributed by atoms with Gasteiger partial charge in [-0.2, -0.15) is 0 Å². The van der Waals surface area contributed by atoms with Crippen molar-refractivity contribution in [1.82, 2.24) is 4.72 Å². The van der Waals surface area contributed by atoms with Crippen molar-refractivity contribution in [3.8, 4) is 5.75 Å². The third kappa shape index (κ3) is 5.37. The first-order chi connectivity index (χ1) is 19.5. The smallest absolute Gasteiger partial charge is 0.264 e. The SMILES string of the molecule is C[C@@H]1[C@@H](C)CCC[C@]2(C)C[C@]23CC[C@H]3CN2CCCCc3cc(Cl)ccc3COc3ccc(cc32)C(=O)NS1(=O)=O. The highest BCUT2D eigenvalue weighted by molar-refractivity contribution is 7.90. The standard InChI is InChI=1S/C33H43ClN2O4S/c1-22-7-6-14-32(3)21-33(32)15-13-27(33)19-36-16-5-4-8-24-17-28(34)11-9-26(24)20-40-30-12-10-25(18-29(30)36)31(37)35-41(38,39)23(22)2/h9-12,17-18,22-23,27H,4-8,13-16,19-21H2,1-3H3,(H,35,37)/t22-,23+,27-,32+,33-/m0/s1. The van der Waals surface area contributed by atoms with Crippen LogP contribution in [-0.4, -0.2) is 32.7 Å². The van der Waals surface area contributed by atoms with Gasteiger partial charge in [-0.1, -0.05) is 37.9 Å². The van der Waals surface area contributed by atoms with E-state index in [0.29, 0.717) is 28.9 Å². The third-order valence-corrected chi connectivity index (χ3v) is 13.2. The first kappa shape index (κ1) is 28.9. The number of nitrogens with zero attached hydrogens (tertiary/aromatic N) is 1. The zero-order valence-corrected chi connectivity index (χ0v) is 26.1. The lowest BCUT2D eigenvalue weighted by Crippen LogP contribution is -2.43. The summed E-state index contributed by atoms with van der Waals surface area (Å²) in [6.45, 7) is 8.37. The number of aryl methyl sites for hydroxylation is 1. The van der Waals surface area contributed by atoms with Crippen LogP contribution in [-0.2, 0) is 23.1 Å². The van der Waals surface area contributed by atoms with E-state index in [1.165, 1.54) is 24.8 Å². The van der Waals surface area contributed by atoms with Crippen LogP contribution in [0, 0.1) is 22.7 Å². The topological polar surface area (TPSA) is 75.7 Å². The number of sulfonamides is 1. The molecule has 2 aliphatic carbocycles. The van der Waals surface area contributed by atoms with Crippen LogP contribution in [0.15, 0.2) is 36.4 Å². The van der Waals surface area contributed by atoms with Gasteiger partial charge in [0, 0.05) is 23.7 Å². The van der Waals surface area contributed by atoms with Crippen molar-refractivity contribution >= 4 is 33.2 Å². The Morgan fingerprint density at radius 1 is 1.02 bits per heavy atom. The summed E-state index contributed by atoms with van der Waals surface area (Å²) in [7, 11) is -3.82. The Hall–Kier alpha value is -2.25. The van der Waals surface area contributed by atoms with Gasteiger partial charge in [0.15, 0.2) is 0 Å². The molecule has 1 amide bonds. The van der Waals surface area contributed by atoms with Gasteiger partial charge in [-0.05, 0) is 122 Å². The number of carbonyl (C=O) groups is 1. The lowest BCUT2D eigenvalue weighted by atomic mass is 9.65. The number of amides is 1. The van der Waals surface area contributed by atoms with Gasteiger partial charge in [-0.25, -0.2) is 13.1 Å². The molecule has 5 atom stereocenters. The van der Waals surface area contributed by atoms with Gasteiger partial charge in [0.2, 0.25) is 10.0 Å². The van der Waals surface area contributed by atoms with Crippen molar-refractivity contribution in [2.45, 2.75) is 90.4 Å². The van der Waals surface area contributed by atoms with E-state index in [1.54, 1.807) is 13.0 Å². The number of nitrogens with one attached hydrogen (secondary N) is 1. The quantitative estimate of drug-likeness (QED) is 0.349. The van der Waals surface area contributed by atoms with E-state index in [4.69, 9.17) is 16.3 Å². The highest BCUT2D eigenvalue weighted by atomic mass is 35.5. The number of fused-ring (bicyclic) bond motifs is 2. The third-order valence-electron chi connectivity index (χ3n) is 11.1. The van der Waals surface area contributed by atoms with Crippen molar-refractivity contribution in [2.75, 3.05) is 18.0 Å². The summed E-state index contributed by atoms with van der Waals surface area (Å²) in [5.74, 6) is 0.728. The fourth-order valence-electron chi connectivity index (χ4n) is 7.96. The van der Waals surface area contributed by atoms with Gasteiger partial charge in [0.05, 0.1) is 10.9 Å². The number of hydrogen-bond donors (Lipinski definition) is 1. The monoisotopic (exact) mass is 598 g/mol. The molecule has 0 aromatic heterocycles. The van der Waals surface area contributed by atoms with Crippen molar-refractivity contribution in [3.63, 3.8) is 0 Å². The number of carbonyl (C=O) groups excluding carboxylic acids is 1. The molecular weight excluding hydrogens is 556 g/mol. The number of benzene rings is 2. The number of rotatable bonds is 0. The van der Waals surface area contributed by atoms with Gasteiger partial charge in [-0.3, -0.25) is 4.79 Å². The van der Waals surface area contributed by atoms with Gasteiger partial charge >= 0.3 is 0 Å². The zero-order chi connectivity index (χ0) is 29.0. The molecule has 2 bridgehead atoms. The van der Waals surface area contributed by atoms with E-state index in [1.807, 2.05) is 37.3 Å². The molecule has 2 aromatic carbocycles. The fraction of sp³-hybridized carbons (Fsp3) is 0.606. The second kappa shape index (κ2) is 10.8. The first-order valence-electron chi connectivity index (χ1n) is 15.4. The van der Waals surface area contributed by atoms with Gasteiger partial charge in [0.1, 0.15) is 12.4 Å². The minimum Gasteiger partial charge on any atom is -0.487 e. The van der Waals surface area contributed by atoms with E-state index in [2.05, 4.69) is 16.5 Å². The number of ether oxygens (including phenoxy) is 1. The Kier molecular flexibility index (Phi) is 7.59. The average molecular weight is 599 g/mol. The van der Waals surface area contributed by atoms with Gasteiger partial charge in [-0.15, -0.1) is 0 Å². The molecule has 222 valence electrons. The predicted molar refractivity (Wildman–Crippen MR) is 164 cm³/mol. The summed E-state index contributed by atoms with van der Waals surface area (Å²) in [5, 5.41) is 0.0900. The number of hydrogen-bond acceptors (Lipinski definition) is 5. The lowest BCUT2D eigenvalue weighted by molar-refractivity contribution is 0.0968. The van der Waals surface area contributed by atoms with Crippen molar-refractivity contribution in [2.24, 2.45) is 22.7 Å². The maximum absolute atomic E-state index is 13.4. The van der Waals surface area contributed by atoms with Crippen molar-refractivity contribution in [3.05, 3.63) is 58.1 Å². The molecule has 2 aliphatic heterocycles. The second-order valence-electron chi connectivity index (χ2n) is 13.5. The molecule has 1 spiro atoms. The molecule has 8 heteroatoms. The van der Waals surface area contributed by atoms with Gasteiger partial charge in [0.25, 0.3) is 5.91 Å². The minimum absolute atomic E-state index is 0.0299. The molecule has 2 fully saturated rings. The molecule has 41 heavy (non-hydrogen) atoms. The normalized spacial score (nSPS) is 33.4. The van der Waals surface area contributed by atoms with Crippen LogP contribution in [0.25, 0.3) is 0 Å². The maximum atomic E-state index is 13.4. The molecule has 6 nitrogen and oxygen atoms in total. The summed E-state index contributed by atoms with van der Waals surface area (Å²) in [4.78, 5) is 15.8. The Balaban J connectivity index is 1.39. The largest absolute Gasteiger partial charge is 0.487 e. The molecule has 2 heterocycles. The Morgan fingerprint density at radius 3 is 2.63 bits per heavy atom. The van der Waals surface area contributed by atoms with Crippen LogP contribution in [0.4, 0.5) is 5.69 Å². The molecule has 2 aromatic rings. The molecule has 0 saturated heterocycles. The maximum Gasteiger partial charge on any atom is 0.264 e. The summed E-state index contributed by atoms with van der Waals surface area (Å²) in [5.41, 5.74) is 4.28. The first-order valence-corrected chi connectivity index (χ1v) is 17.3. The molecular formula is C33H43ClN2O4S. The molecule has 0 radical (unpaired) electrons. The summed E-state index contributed by atoms with van der Waals surface area (Å²) in [6, 6.07) is 11.4. The summed E-state index contributed by atoms with van der Waals surface area (Å²) in [6.07, 6.45) is 9.76. The molecule has 6 rings (SSSR count). The van der Waals surface area contributed by atoms with E-state index in [9.17, 15) is 13.2 Å². The second-order valence-corrected chi connectivity index (χ2v) is 15.9. The molecule has 2 saturated carbocycles. The lowest BCUT2D eigenvalue weighted by Gasteiger charge is -2.45.